The minimum absolute atomic E-state index is 0. The average molecular weight is 238 g/mol. The maximum Gasteiger partial charge on any atom is 0.326 e. The maximum atomic E-state index is 11.9. The third-order valence-corrected chi connectivity index (χ3v) is 1.72. The lowest BCUT2D eigenvalue weighted by Crippen LogP contribution is -1.89. The van der Waals surface area contributed by atoms with Crippen molar-refractivity contribution < 1.29 is 12.3 Å². The van der Waals surface area contributed by atoms with Gasteiger partial charge in [-0.25, -0.2) is 0 Å². The third kappa shape index (κ3) is 5.55. The van der Waals surface area contributed by atoms with Gasteiger partial charge in [0.05, 0.1) is 5.41 Å². The van der Waals surface area contributed by atoms with E-state index >= 15 is 0 Å². The van der Waals surface area contributed by atoms with Gasteiger partial charge in [-0.1, -0.05) is 18.2 Å². The Bertz CT molecular complexity index is 391. The van der Waals surface area contributed by atoms with Crippen LogP contribution in [0.15, 0.2) is 41.9 Å². The summed E-state index contributed by atoms with van der Waals surface area (Å²) in [4.78, 5) is 0. The summed E-state index contributed by atoms with van der Waals surface area (Å²) in [6.45, 7) is 0. The average Bonchev–Trinajstić information content (AvgIpc) is 2.04. The SMILES string of the molecule is Cl.O=S(=O)(F)/C=C/Nc1ccccc1. The molecule has 1 N–H and O–H groups in total. The zero-order chi connectivity index (χ0) is 9.73. The van der Waals surface area contributed by atoms with Crippen molar-refractivity contribution in [3.8, 4) is 0 Å². The molecule has 0 aliphatic heterocycles. The summed E-state index contributed by atoms with van der Waals surface area (Å²) in [6.07, 6.45) is 1.03. The molecule has 0 atom stereocenters. The van der Waals surface area contributed by atoms with Crippen LogP contribution in [-0.4, -0.2) is 8.42 Å². The molecule has 0 aliphatic carbocycles. The Morgan fingerprint density at radius 3 is 2.29 bits per heavy atom. The van der Waals surface area contributed by atoms with E-state index in [1.165, 1.54) is 0 Å². The summed E-state index contributed by atoms with van der Waals surface area (Å²) in [5.41, 5.74) is 0.697. The van der Waals surface area contributed by atoms with E-state index in [4.69, 9.17) is 0 Å². The Balaban J connectivity index is 0.00000169. The molecular weight excluding hydrogens is 229 g/mol. The third-order valence-electron chi connectivity index (χ3n) is 1.25. The van der Waals surface area contributed by atoms with Gasteiger partial charge in [0.1, 0.15) is 0 Å². The number of hydrogen-bond donors (Lipinski definition) is 1. The van der Waals surface area contributed by atoms with Crippen LogP contribution in [0, 0.1) is 0 Å². The highest BCUT2D eigenvalue weighted by Gasteiger charge is 1.96. The van der Waals surface area contributed by atoms with Gasteiger partial charge in [-0.2, -0.15) is 8.42 Å². The molecule has 0 aromatic heterocycles. The molecule has 0 radical (unpaired) electrons. The van der Waals surface area contributed by atoms with E-state index < -0.39 is 10.2 Å². The molecule has 6 heteroatoms. The predicted octanol–water partition coefficient (Wildman–Crippen LogP) is 2.29. The highest BCUT2D eigenvalue weighted by molar-refractivity contribution is 7.89. The maximum absolute atomic E-state index is 11.9. The molecule has 0 aliphatic rings. The van der Waals surface area contributed by atoms with E-state index in [-0.39, 0.29) is 12.4 Å². The van der Waals surface area contributed by atoms with E-state index in [2.05, 4.69) is 5.32 Å². The molecule has 0 amide bonds. The second-order valence-corrected chi connectivity index (χ2v) is 3.51. The Morgan fingerprint density at radius 2 is 1.79 bits per heavy atom. The lowest BCUT2D eigenvalue weighted by Gasteiger charge is -1.96. The molecule has 0 unspecified atom stereocenters. The summed E-state index contributed by atoms with van der Waals surface area (Å²) < 4.78 is 32.0. The summed E-state index contributed by atoms with van der Waals surface area (Å²) in [5, 5.41) is 3.06. The zero-order valence-electron chi connectivity index (χ0n) is 7.05. The number of nitrogens with one attached hydrogen (secondary N) is 1. The first-order valence-corrected chi connectivity index (χ1v) is 4.95. The first-order chi connectivity index (χ1) is 6.08. The summed E-state index contributed by atoms with van der Waals surface area (Å²) in [7, 11) is -4.54. The van der Waals surface area contributed by atoms with E-state index in [0.717, 1.165) is 6.20 Å². The number of benzene rings is 1. The largest absolute Gasteiger partial charge is 0.361 e. The molecule has 0 saturated carbocycles. The fraction of sp³-hybridized carbons (Fsp3) is 0. The Kier molecular flexibility index (Phi) is 5.19. The van der Waals surface area contributed by atoms with E-state index in [0.29, 0.717) is 11.1 Å². The highest BCUT2D eigenvalue weighted by Crippen LogP contribution is 2.04. The molecule has 3 nitrogen and oxygen atoms in total. The minimum atomic E-state index is -4.54. The van der Waals surface area contributed by atoms with Crippen molar-refractivity contribution in [1.29, 1.82) is 0 Å². The molecule has 0 bridgehead atoms. The van der Waals surface area contributed by atoms with Gasteiger partial charge in [-0.05, 0) is 12.1 Å². The predicted molar refractivity (Wildman–Crippen MR) is 56.5 cm³/mol. The lowest BCUT2D eigenvalue weighted by molar-refractivity contribution is 0.563. The van der Waals surface area contributed by atoms with E-state index in [9.17, 15) is 12.3 Å². The van der Waals surface area contributed by atoms with Gasteiger partial charge >= 0.3 is 10.2 Å². The second-order valence-electron chi connectivity index (χ2n) is 2.29. The van der Waals surface area contributed by atoms with Crippen molar-refractivity contribution in [2.75, 3.05) is 5.32 Å². The standard InChI is InChI=1S/C8H8FNO2S.ClH/c9-13(11,12)7-6-10-8-4-2-1-3-5-8;/h1-7,10H;1H/b7-6+;. The molecule has 1 aromatic rings. The molecule has 14 heavy (non-hydrogen) atoms. The van der Waals surface area contributed by atoms with Crippen molar-refractivity contribution in [2.24, 2.45) is 0 Å². The van der Waals surface area contributed by atoms with Gasteiger partial charge in [0.2, 0.25) is 0 Å². The minimum Gasteiger partial charge on any atom is -0.361 e. The molecule has 1 aromatic carbocycles. The van der Waals surface area contributed by atoms with Gasteiger partial charge in [-0.15, -0.1) is 16.3 Å². The monoisotopic (exact) mass is 237 g/mol. The van der Waals surface area contributed by atoms with Crippen LogP contribution in [0.2, 0.25) is 0 Å². The van der Waals surface area contributed by atoms with Crippen LogP contribution < -0.4 is 5.32 Å². The molecule has 1 rings (SSSR count). The smallest absolute Gasteiger partial charge is 0.326 e. The molecule has 0 fully saturated rings. The molecule has 0 spiro atoms. The van der Waals surface area contributed by atoms with Crippen LogP contribution in [0.3, 0.4) is 0 Å². The number of anilines is 1. The first kappa shape index (κ1) is 12.9. The number of hydrogen-bond acceptors (Lipinski definition) is 3. The molecular formula is C8H9ClFNO2S. The Hall–Kier alpha value is -1.07. The van der Waals surface area contributed by atoms with Gasteiger partial charge in [0, 0.05) is 11.9 Å². The highest BCUT2D eigenvalue weighted by atomic mass is 35.5. The van der Waals surface area contributed by atoms with E-state index in [1.807, 2.05) is 6.07 Å². The molecule has 0 heterocycles. The molecule has 0 saturated heterocycles. The van der Waals surface area contributed by atoms with Crippen LogP contribution >= 0.6 is 12.4 Å². The number of halogens is 2. The van der Waals surface area contributed by atoms with Gasteiger partial charge in [0.25, 0.3) is 0 Å². The topological polar surface area (TPSA) is 46.2 Å². The summed E-state index contributed by atoms with van der Waals surface area (Å²) in [6, 6.07) is 8.84. The fourth-order valence-corrected chi connectivity index (χ4v) is 0.976. The van der Waals surface area contributed by atoms with Crippen LogP contribution in [0.1, 0.15) is 0 Å². The summed E-state index contributed by atoms with van der Waals surface area (Å²) >= 11 is 0. The van der Waals surface area contributed by atoms with Crippen molar-refractivity contribution in [3.63, 3.8) is 0 Å². The van der Waals surface area contributed by atoms with Crippen LogP contribution in [0.4, 0.5) is 9.57 Å². The lowest BCUT2D eigenvalue weighted by atomic mass is 10.3. The quantitative estimate of drug-likeness (QED) is 0.821. The van der Waals surface area contributed by atoms with Crippen LogP contribution in [-0.2, 0) is 10.2 Å². The first-order valence-electron chi connectivity index (χ1n) is 3.51. The Morgan fingerprint density at radius 1 is 1.21 bits per heavy atom. The van der Waals surface area contributed by atoms with E-state index in [1.54, 1.807) is 24.3 Å². The number of rotatable bonds is 3. The van der Waals surface area contributed by atoms with Crippen molar-refractivity contribution in [3.05, 3.63) is 41.9 Å². The van der Waals surface area contributed by atoms with Gasteiger partial charge in [-0.3, -0.25) is 0 Å². The second kappa shape index (κ2) is 5.62. The zero-order valence-corrected chi connectivity index (χ0v) is 8.69. The van der Waals surface area contributed by atoms with Crippen molar-refractivity contribution >= 4 is 28.3 Å². The van der Waals surface area contributed by atoms with Crippen LogP contribution in [0.25, 0.3) is 0 Å². The van der Waals surface area contributed by atoms with Gasteiger partial charge in [0.15, 0.2) is 0 Å². The van der Waals surface area contributed by atoms with Gasteiger partial charge < -0.3 is 5.32 Å². The normalized spacial score (nSPS) is 10.9. The number of para-hydroxylation sites is 1. The Labute approximate surface area is 88.3 Å². The fourth-order valence-electron chi connectivity index (χ4n) is 0.746. The van der Waals surface area contributed by atoms with Crippen molar-refractivity contribution in [1.82, 2.24) is 0 Å². The molecule has 78 valence electrons. The summed E-state index contributed by atoms with van der Waals surface area (Å²) in [5.74, 6) is 0. The van der Waals surface area contributed by atoms with Crippen LogP contribution in [0.5, 0.6) is 0 Å². The van der Waals surface area contributed by atoms with Crippen molar-refractivity contribution in [2.45, 2.75) is 0 Å².